The number of amides is 1. The van der Waals surface area contributed by atoms with Gasteiger partial charge < -0.3 is 10.0 Å². The highest BCUT2D eigenvalue weighted by atomic mass is 16.6. The van der Waals surface area contributed by atoms with E-state index < -0.39 is 16.6 Å². The van der Waals surface area contributed by atoms with Gasteiger partial charge in [-0.05, 0) is 25.1 Å². The Balaban J connectivity index is 2.39. The Kier molecular flexibility index (Phi) is 5.12. The molecule has 0 atom stereocenters. The van der Waals surface area contributed by atoms with E-state index >= 15 is 0 Å². The monoisotopic (exact) mass is 325 g/mol. The van der Waals surface area contributed by atoms with Crippen LogP contribution in [0.15, 0.2) is 42.5 Å². The third-order valence-corrected chi connectivity index (χ3v) is 3.46. The van der Waals surface area contributed by atoms with Gasteiger partial charge in [-0.3, -0.25) is 14.9 Å². The normalized spacial score (nSPS) is 10.0. The maximum absolute atomic E-state index is 12.7. The largest absolute Gasteiger partial charge is 0.507 e. The molecule has 0 bridgehead atoms. The van der Waals surface area contributed by atoms with Crippen molar-refractivity contribution in [1.29, 1.82) is 5.26 Å². The number of aryl methyl sites for hydroxylation is 1. The third kappa shape index (κ3) is 3.67. The molecule has 0 aromatic heterocycles. The summed E-state index contributed by atoms with van der Waals surface area (Å²) in [5.74, 6) is -0.996. The number of nitriles is 1. The zero-order valence-corrected chi connectivity index (χ0v) is 13.0. The van der Waals surface area contributed by atoms with Crippen LogP contribution in [0, 0.1) is 28.4 Å². The van der Waals surface area contributed by atoms with Crippen molar-refractivity contribution in [3.63, 3.8) is 0 Å². The SMILES string of the molecule is Cc1ccc(N(CCC#N)C(=O)c2ccc([N+](=O)[O-])cc2O)cc1. The maximum atomic E-state index is 12.7. The van der Waals surface area contributed by atoms with Crippen LogP contribution in [0.5, 0.6) is 5.75 Å². The molecule has 0 radical (unpaired) electrons. The van der Waals surface area contributed by atoms with Gasteiger partial charge in [0.05, 0.1) is 29.0 Å². The van der Waals surface area contributed by atoms with Crippen molar-refractivity contribution in [3.8, 4) is 11.8 Å². The molecule has 2 rings (SSSR count). The van der Waals surface area contributed by atoms with Crippen molar-refractivity contribution < 1.29 is 14.8 Å². The van der Waals surface area contributed by atoms with E-state index in [1.54, 1.807) is 12.1 Å². The summed E-state index contributed by atoms with van der Waals surface area (Å²) in [4.78, 5) is 24.2. The summed E-state index contributed by atoms with van der Waals surface area (Å²) in [6, 6.07) is 12.4. The number of hydrogen-bond donors (Lipinski definition) is 1. The Labute approximate surface area is 138 Å². The molecule has 0 heterocycles. The van der Waals surface area contributed by atoms with Crippen molar-refractivity contribution in [2.75, 3.05) is 11.4 Å². The first-order valence-electron chi connectivity index (χ1n) is 7.17. The number of hydrogen-bond acceptors (Lipinski definition) is 5. The number of anilines is 1. The van der Waals surface area contributed by atoms with Crippen LogP contribution in [0.2, 0.25) is 0 Å². The van der Waals surface area contributed by atoms with E-state index in [4.69, 9.17) is 5.26 Å². The van der Waals surface area contributed by atoms with Crippen LogP contribution in [0.25, 0.3) is 0 Å². The van der Waals surface area contributed by atoms with Crippen LogP contribution in [-0.4, -0.2) is 22.5 Å². The molecule has 7 nitrogen and oxygen atoms in total. The predicted octanol–water partition coefficient (Wildman–Crippen LogP) is 3.17. The minimum atomic E-state index is -0.651. The highest BCUT2D eigenvalue weighted by Gasteiger charge is 2.22. The maximum Gasteiger partial charge on any atom is 0.273 e. The van der Waals surface area contributed by atoms with E-state index in [2.05, 4.69) is 0 Å². The zero-order valence-electron chi connectivity index (χ0n) is 13.0. The molecule has 1 N–H and O–H groups in total. The van der Waals surface area contributed by atoms with Gasteiger partial charge in [-0.2, -0.15) is 5.26 Å². The summed E-state index contributed by atoms with van der Waals surface area (Å²) in [7, 11) is 0. The Bertz CT molecular complexity index is 810. The number of phenols is 1. The van der Waals surface area contributed by atoms with Crippen molar-refractivity contribution in [2.24, 2.45) is 0 Å². The topological polar surface area (TPSA) is 107 Å². The van der Waals surface area contributed by atoms with E-state index in [1.807, 2.05) is 25.1 Å². The zero-order chi connectivity index (χ0) is 17.7. The minimum Gasteiger partial charge on any atom is -0.507 e. The van der Waals surface area contributed by atoms with E-state index in [0.717, 1.165) is 17.7 Å². The van der Waals surface area contributed by atoms with Crippen molar-refractivity contribution in [3.05, 3.63) is 63.7 Å². The molecule has 2 aromatic rings. The standard InChI is InChI=1S/C17H15N3O4/c1-12-3-5-13(6-4-12)19(10-2-9-18)17(22)15-8-7-14(20(23)24)11-16(15)21/h3-8,11,21H,2,10H2,1H3. The first-order valence-corrected chi connectivity index (χ1v) is 7.17. The average Bonchev–Trinajstić information content (AvgIpc) is 2.56. The number of non-ortho nitro benzene ring substituents is 1. The van der Waals surface area contributed by atoms with Crippen LogP contribution < -0.4 is 4.90 Å². The number of nitro groups is 1. The van der Waals surface area contributed by atoms with Crippen molar-refractivity contribution >= 4 is 17.3 Å². The highest BCUT2D eigenvalue weighted by Crippen LogP contribution is 2.27. The van der Waals surface area contributed by atoms with E-state index in [-0.39, 0.29) is 24.2 Å². The van der Waals surface area contributed by atoms with E-state index in [0.29, 0.717) is 5.69 Å². The first-order chi connectivity index (χ1) is 11.4. The lowest BCUT2D eigenvalue weighted by Crippen LogP contribution is -2.31. The molecule has 24 heavy (non-hydrogen) atoms. The molecule has 0 aliphatic heterocycles. The molecule has 0 saturated carbocycles. The highest BCUT2D eigenvalue weighted by molar-refractivity contribution is 6.08. The molecule has 122 valence electrons. The smallest absolute Gasteiger partial charge is 0.273 e. The van der Waals surface area contributed by atoms with Crippen LogP contribution in [0.1, 0.15) is 22.3 Å². The average molecular weight is 325 g/mol. The lowest BCUT2D eigenvalue weighted by molar-refractivity contribution is -0.384. The molecule has 0 fully saturated rings. The summed E-state index contributed by atoms with van der Waals surface area (Å²) in [5, 5.41) is 29.5. The number of nitro benzene ring substituents is 1. The van der Waals surface area contributed by atoms with Gasteiger partial charge in [-0.25, -0.2) is 0 Å². The fourth-order valence-electron chi connectivity index (χ4n) is 2.19. The second-order valence-corrected chi connectivity index (χ2v) is 5.16. The lowest BCUT2D eigenvalue weighted by atomic mass is 10.1. The van der Waals surface area contributed by atoms with E-state index in [9.17, 15) is 20.0 Å². The van der Waals surface area contributed by atoms with Crippen LogP contribution in [0.3, 0.4) is 0 Å². The Morgan fingerprint density at radius 2 is 1.96 bits per heavy atom. The molecule has 0 aliphatic carbocycles. The fraction of sp³-hybridized carbons (Fsp3) is 0.176. The number of nitrogens with zero attached hydrogens (tertiary/aromatic N) is 3. The predicted molar refractivity (Wildman–Crippen MR) is 87.8 cm³/mol. The van der Waals surface area contributed by atoms with Crippen molar-refractivity contribution in [1.82, 2.24) is 0 Å². The summed E-state index contributed by atoms with van der Waals surface area (Å²) >= 11 is 0. The summed E-state index contributed by atoms with van der Waals surface area (Å²) < 4.78 is 0. The third-order valence-electron chi connectivity index (χ3n) is 3.46. The van der Waals surface area contributed by atoms with Crippen LogP contribution >= 0.6 is 0 Å². The quantitative estimate of drug-likeness (QED) is 0.671. The Morgan fingerprint density at radius 1 is 1.29 bits per heavy atom. The van der Waals surface area contributed by atoms with Crippen molar-refractivity contribution in [2.45, 2.75) is 13.3 Å². The van der Waals surface area contributed by atoms with Gasteiger partial charge in [0.15, 0.2) is 0 Å². The van der Waals surface area contributed by atoms with E-state index in [1.165, 1.54) is 11.0 Å². The van der Waals surface area contributed by atoms with Gasteiger partial charge >= 0.3 is 0 Å². The molecule has 0 saturated heterocycles. The van der Waals surface area contributed by atoms with Crippen LogP contribution in [0.4, 0.5) is 11.4 Å². The van der Waals surface area contributed by atoms with Crippen LogP contribution in [-0.2, 0) is 0 Å². The molecule has 1 amide bonds. The number of rotatable bonds is 5. The Morgan fingerprint density at radius 3 is 2.50 bits per heavy atom. The number of benzene rings is 2. The Hall–Kier alpha value is -3.40. The molecule has 0 aliphatic rings. The fourth-order valence-corrected chi connectivity index (χ4v) is 2.19. The minimum absolute atomic E-state index is 0.0564. The molecule has 2 aromatic carbocycles. The second-order valence-electron chi connectivity index (χ2n) is 5.16. The molecule has 0 spiro atoms. The van der Waals surface area contributed by atoms with Gasteiger partial charge in [0, 0.05) is 18.3 Å². The number of carbonyl (C=O) groups is 1. The number of carbonyl (C=O) groups excluding carboxylic acids is 1. The summed E-state index contributed by atoms with van der Waals surface area (Å²) in [6.07, 6.45) is 0.118. The molecular weight excluding hydrogens is 310 g/mol. The molecular formula is C17H15N3O4. The summed E-state index contributed by atoms with van der Waals surface area (Å²) in [6.45, 7) is 2.06. The van der Waals surface area contributed by atoms with Gasteiger partial charge in [0.25, 0.3) is 11.6 Å². The van der Waals surface area contributed by atoms with Gasteiger partial charge in [0.1, 0.15) is 5.75 Å². The molecule has 7 heteroatoms. The second kappa shape index (κ2) is 7.24. The summed E-state index contributed by atoms with van der Waals surface area (Å²) in [5.41, 5.74) is 1.24. The first kappa shape index (κ1) is 17.0. The van der Waals surface area contributed by atoms with Gasteiger partial charge in [-0.1, -0.05) is 17.7 Å². The molecule has 0 unspecified atom stereocenters. The lowest BCUT2D eigenvalue weighted by Gasteiger charge is -2.22. The van der Waals surface area contributed by atoms with Gasteiger partial charge in [-0.15, -0.1) is 0 Å². The van der Waals surface area contributed by atoms with Gasteiger partial charge in [0.2, 0.25) is 0 Å². The number of phenolic OH excluding ortho intramolecular Hbond substituents is 1. The number of aromatic hydroxyl groups is 1.